The van der Waals surface area contributed by atoms with Crippen LogP contribution in [0.5, 0.6) is 0 Å². The number of anilines is 1. The maximum atomic E-state index is 13.0. The highest BCUT2D eigenvalue weighted by Crippen LogP contribution is 2.21. The van der Waals surface area contributed by atoms with E-state index in [1.165, 1.54) is 5.56 Å². The Labute approximate surface area is 182 Å². The summed E-state index contributed by atoms with van der Waals surface area (Å²) in [6.45, 7) is 0. The van der Waals surface area contributed by atoms with Crippen molar-refractivity contribution in [3.05, 3.63) is 102 Å². The summed E-state index contributed by atoms with van der Waals surface area (Å²) >= 11 is 0. The van der Waals surface area contributed by atoms with Gasteiger partial charge in [0.05, 0.1) is 6.04 Å². The Morgan fingerprint density at radius 1 is 0.871 bits per heavy atom. The zero-order valence-corrected chi connectivity index (χ0v) is 17.4. The van der Waals surface area contributed by atoms with Crippen LogP contribution in [-0.4, -0.2) is 18.0 Å². The first kappa shape index (κ1) is 20.7. The van der Waals surface area contributed by atoms with E-state index in [0.29, 0.717) is 11.3 Å². The molecule has 3 amide bonds. The first-order valence-electron chi connectivity index (χ1n) is 10.7. The Balaban J connectivity index is 1.43. The Morgan fingerprint density at radius 2 is 1.58 bits per heavy atom. The highest BCUT2D eigenvalue weighted by Gasteiger charge is 2.23. The molecule has 0 heterocycles. The molecule has 3 aromatic rings. The number of hydrogen-bond donors (Lipinski definition) is 3. The van der Waals surface area contributed by atoms with Crippen LogP contribution in [0.25, 0.3) is 0 Å². The number of hydrogen-bond acceptors (Lipinski definition) is 2. The maximum absolute atomic E-state index is 13.0. The third kappa shape index (κ3) is 6.19. The molecule has 1 saturated carbocycles. The van der Waals surface area contributed by atoms with Gasteiger partial charge in [0, 0.05) is 17.3 Å². The van der Waals surface area contributed by atoms with Crippen molar-refractivity contribution in [2.45, 2.75) is 37.8 Å². The van der Waals surface area contributed by atoms with Crippen LogP contribution in [-0.2, 0) is 6.42 Å². The second-order valence-corrected chi connectivity index (χ2v) is 7.91. The molecule has 0 spiro atoms. The van der Waals surface area contributed by atoms with Crippen LogP contribution >= 0.6 is 0 Å². The van der Waals surface area contributed by atoms with Crippen LogP contribution in [0, 0.1) is 0 Å². The average molecular weight is 414 g/mol. The van der Waals surface area contributed by atoms with Crippen LogP contribution in [0.4, 0.5) is 10.5 Å². The Kier molecular flexibility index (Phi) is 6.62. The number of carbonyl (C=O) groups is 2. The fraction of sp³-hybridized carbons (Fsp3) is 0.231. The van der Waals surface area contributed by atoms with Crippen molar-refractivity contribution in [2.24, 2.45) is 0 Å². The lowest BCUT2D eigenvalue weighted by Crippen LogP contribution is -2.31. The zero-order valence-electron chi connectivity index (χ0n) is 17.4. The molecule has 0 aliphatic heterocycles. The third-order valence-corrected chi connectivity index (χ3v) is 5.37. The predicted molar refractivity (Wildman–Crippen MR) is 123 cm³/mol. The summed E-state index contributed by atoms with van der Waals surface area (Å²) in [7, 11) is 0. The van der Waals surface area contributed by atoms with Crippen molar-refractivity contribution in [2.75, 3.05) is 5.32 Å². The van der Waals surface area contributed by atoms with E-state index in [1.54, 1.807) is 24.3 Å². The molecule has 1 fully saturated rings. The number of nitrogens with one attached hydrogen (secondary N) is 3. The van der Waals surface area contributed by atoms with E-state index in [2.05, 4.69) is 28.1 Å². The van der Waals surface area contributed by atoms with Gasteiger partial charge in [-0.1, -0.05) is 66.7 Å². The minimum absolute atomic E-state index is 0.108. The number of rotatable bonds is 8. The van der Waals surface area contributed by atoms with Gasteiger partial charge in [0.15, 0.2) is 0 Å². The van der Waals surface area contributed by atoms with Crippen LogP contribution in [0.3, 0.4) is 0 Å². The van der Waals surface area contributed by atoms with E-state index < -0.39 is 0 Å². The summed E-state index contributed by atoms with van der Waals surface area (Å²) < 4.78 is 0. The van der Waals surface area contributed by atoms with Crippen LogP contribution < -0.4 is 16.0 Å². The van der Waals surface area contributed by atoms with E-state index in [9.17, 15) is 9.59 Å². The van der Waals surface area contributed by atoms with Gasteiger partial charge in [-0.15, -0.1) is 0 Å². The number of urea groups is 1. The smallest absolute Gasteiger partial charge is 0.319 e. The molecule has 1 unspecified atom stereocenters. The molecule has 31 heavy (non-hydrogen) atoms. The van der Waals surface area contributed by atoms with E-state index in [-0.39, 0.29) is 24.0 Å². The van der Waals surface area contributed by atoms with E-state index in [0.717, 1.165) is 31.2 Å². The van der Waals surface area contributed by atoms with Gasteiger partial charge in [-0.3, -0.25) is 4.79 Å². The lowest BCUT2D eigenvalue weighted by atomic mass is 9.98. The number of amides is 3. The molecule has 5 nitrogen and oxygen atoms in total. The summed E-state index contributed by atoms with van der Waals surface area (Å²) in [6, 6.07) is 27.3. The van der Waals surface area contributed by atoms with Gasteiger partial charge in [-0.2, -0.15) is 0 Å². The van der Waals surface area contributed by atoms with Gasteiger partial charge in [-0.05, 0) is 55.0 Å². The molecule has 1 aliphatic carbocycles. The van der Waals surface area contributed by atoms with Gasteiger partial charge in [-0.25, -0.2) is 4.79 Å². The summed E-state index contributed by atoms with van der Waals surface area (Å²) in [4.78, 5) is 25.0. The molecule has 0 radical (unpaired) electrons. The topological polar surface area (TPSA) is 70.2 Å². The van der Waals surface area contributed by atoms with Crippen molar-refractivity contribution in [3.8, 4) is 0 Å². The molecule has 5 heteroatoms. The largest absolute Gasteiger partial charge is 0.345 e. The van der Waals surface area contributed by atoms with Gasteiger partial charge < -0.3 is 16.0 Å². The standard InChI is InChI=1S/C26H27N3O2/c30-25(21-12-7-13-23(18-21)28-26(31)27-22-15-16-22)29-24(20-10-5-2-6-11-20)17-14-19-8-3-1-4-9-19/h1-13,18,22,24H,14-17H2,(H,29,30)(H2,27,28,31). The van der Waals surface area contributed by atoms with Gasteiger partial charge in [0.25, 0.3) is 5.91 Å². The van der Waals surface area contributed by atoms with Crippen LogP contribution in [0.2, 0.25) is 0 Å². The van der Waals surface area contributed by atoms with E-state index in [1.807, 2.05) is 48.5 Å². The zero-order chi connectivity index (χ0) is 21.5. The Bertz CT molecular complexity index is 1020. The van der Waals surface area contributed by atoms with Crippen molar-refractivity contribution >= 4 is 17.6 Å². The molecular weight excluding hydrogens is 386 g/mol. The minimum atomic E-state index is -0.231. The Hall–Kier alpha value is -3.60. The molecule has 3 aromatic carbocycles. The van der Waals surface area contributed by atoms with Crippen molar-refractivity contribution in [3.63, 3.8) is 0 Å². The average Bonchev–Trinajstić information content (AvgIpc) is 3.61. The second-order valence-electron chi connectivity index (χ2n) is 7.91. The highest BCUT2D eigenvalue weighted by molar-refractivity contribution is 5.97. The van der Waals surface area contributed by atoms with Gasteiger partial charge in [0.2, 0.25) is 0 Å². The molecule has 4 rings (SSSR count). The first-order chi connectivity index (χ1) is 15.2. The van der Waals surface area contributed by atoms with E-state index in [4.69, 9.17) is 0 Å². The fourth-order valence-corrected chi connectivity index (χ4v) is 3.52. The fourth-order valence-electron chi connectivity index (χ4n) is 3.52. The van der Waals surface area contributed by atoms with Crippen molar-refractivity contribution in [1.29, 1.82) is 0 Å². The first-order valence-corrected chi connectivity index (χ1v) is 10.7. The summed E-state index contributed by atoms with van der Waals surface area (Å²) in [6.07, 6.45) is 3.71. The third-order valence-electron chi connectivity index (χ3n) is 5.37. The molecule has 0 bridgehead atoms. The monoisotopic (exact) mass is 413 g/mol. The molecule has 0 aromatic heterocycles. The lowest BCUT2D eigenvalue weighted by Gasteiger charge is -2.20. The Morgan fingerprint density at radius 3 is 2.29 bits per heavy atom. The van der Waals surface area contributed by atoms with Gasteiger partial charge >= 0.3 is 6.03 Å². The minimum Gasteiger partial charge on any atom is -0.345 e. The SMILES string of the molecule is O=C(Nc1cccc(C(=O)NC(CCc2ccccc2)c2ccccc2)c1)NC1CC1. The van der Waals surface area contributed by atoms with Crippen LogP contribution in [0.15, 0.2) is 84.9 Å². The summed E-state index contributed by atoms with van der Waals surface area (Å²) in [5.74, 6) is -0.159. The quantitative estimate of drug-likeness (QED) is 0.482. The number of aryl methyl sites for hydroxylation is 1. The lowest BCUT2D eigenvalue weighted by molar-refractivity contribution is 0.0934. The predicted octanol–water partition coefficient (Wildman–Crippen LogP) is 5.07. The van der Waals surface area contributed by atoms with Crippen molar-refractivity contribution < 1.29 is 9.59 Å². The molecule has 0 saturated heterocycles. The molecular formula is C26H27N3O2. The highest BCUT2D eigenvalue weighted by atomic mass is 16.2. The molecule has 1 atom stereocenters. The van der Waals surface area contributed by atoms with Crippen molar-refractivity contribution in [1.82, 2.24) is 10.6 Å². The summed E-state index contributed by atoms with van der Waals surface area (Å²) in [5.41, 5.74) is 3.44. The number of benzene rings is 3. The molecule has 3 N–H and O–H groups in total. The summed E-state index contributed by atoms with van der Waals surface area (Å²) in [5, 5.41) is 8.87. The second kappa shape index (κ2) is 9.94. The van der Waals surface area contributed by atoms with E-state index >= 15 is 0 Å². The molecule has 1 aliphatic rings. The van der Waals surface area contributed by atoms with Crippen LogP contribution in [0.1, 0.15) is 46.8 Å². The van der Waals surface area contributed by atoms with Gasteiger partial charge in [0.1, 0.15) is 0 Å². The normalized spacial score (nSPS) is 13.8. The molecule has 158 valence electrons. The maximum Gasteiger partial charge on any atom is 0.319 e. The number of carbonyl (C=O) groups excluding carboxylic acids is 2.